The number of halogens is 1. The van der Waals surface area contributed by atoms with E-state index in [2.05, 4.69) is 41.2 Å². The molecule has 1 heterocycles. The minimum Gasteiger partial charge on any atom is -0.462 e. The molecule has 2 aromatic carbocycles. The van der Waals surface area contributed by atoms with Crippen LogP contribution in [0.15, 0.2) is 54.7 Å². The van der Waals surface area contributed by atoms with Crippen molar-refractivity contribution in [2.75, 3.05) is 6.61 Å². The van der Waals surface area contributed by atoms with Gasteiger partial charge in [-0.05, 0) is 36.5 Å². The van der Waals surface area contributed by atoms with Crippen LogP contribution in [0.3, 0.4) is 0 Å². The van der Waals surface area contributed by atoms with Crippen molar-refractivity contribution in [3.63, 3.8) is 0 Å². The second-order valence-corrected chi connectivity index (χ2v) is 7.56. The molecule has 0 amide bonds. The van der Waals surface area contributed by atoms with E-state index in [1.165, 1.54) is 43.0 Å². The standard InChI is InChI=1S/C25H27ClN2O2/c1-3-5-6-7-8-18-9-11-19(12-10-18)20-13-15-21(16-14-20)24-27-17-22(23(26)28-24)25(29)30-4-2/h9-17H,3-8H2,1-2H3. The highest BCUT2D eigenvalue weighted by molar-refractivity contribution is 6.32. The van der Waals surface area contributed by atoms with Crippen LogP contribution in [0.2, 0.25) is 5.15 Å². The maximum atomic E-state index is 11.8. The quantitative estimate of drug-likeness (QED) is 0.217. The van der Waals surface area contributed by atoms with Gasteiger partial charge in [-0.15, -0.1) is 0 Å². The second-order valence-electron chi connectivity index (χ2n) is 7.20. The Morgan fingerprint density at radius 2 is 1.53 bits per heavy atom. The lowest BCUT2D eigenvalue weighted by molar-refractivity contribution is 0.0525. The average molecular weight is 423 g/mol. The van der Waals surface area contributed by atoms with Crippen LogP contribution in [-0.2, 0) is 11.2 Å². The van der Waals surface area contributed by atoms with Gasteiger partial charge in [0.05, 0.1) is 6.61 Å². The SMILES string of the molecule is CCCCCCc1ccc(-c2ccc(-c3ncc(C(=O)OCC)c(Cl)n3)cc2)cc1. The maximum absolute atomic E-state index is 11.8. The summed E-state index contributed by atoms with van der Waals surface area (Å²) in [5.41, 5.74) is 4.70. The molecule has 1 aromatic heterocycles. The molecule has 3 rings (SSSR count). The molecular formula is C25H27ClN2O2. The summed E-state index contributed by atoms with van der Waals surface area (Å²) in [5, 5.41) is 0.0945. The molecule has 0 bridgehead atoms. The summed E-state index contributed by atoms with van der Waals surface area (Å²) >= 11 is 6.15. The van der Waals surface area contributed by atoms with Crippen molar-refractivity contribution < 1.29 is 9.53 Å². The average Bonchev–Trinajstić information content (AvgIpc) is 2.77. The first-order valence-electron chi connectivity index (χ1n) is 10.5. The summed E-state index contributed by atoms with van der Waals surface area (Å²) < 4.78 is 4.96. The number of esters is 1. The van der Waals surface area contributed by atoms with Crippen molar-refractivity contribution in [3.05, 3.63) is 71.0 Å². The number of carbonyl (C=O) groups excluding carboxylic acids is 1. The number of benzene rings is 2. The molecule has 0 fully saturated rings. The predicted molar refractivity (Wildman–Crippen MR) is 122 cm³/mol. The summed E-state index contributed by atoms with van der Waals surface area (Å²) in [6.07, 6.45) is 7.67. The van der Waals surface area contributed by atoms with Gasteiger partial charge in [0.15, 0.2) is 5.82 Å². The predicted octanol–water partition coefficient (Wildman–Crippen LogP) is 6.76. The Kier molecular flexibility index (Phi) is 7.97. The van der Waals surface area contributed by atoms with Crippen molar-refractivity contribution in [2.24, 2.45) is 0 Å². The van der Waals surface area contributed by atoms with Gasteiger partial charge in [-0.3, -0.25) is 0 Å². The fraction of sp³-hybridized carbons (Fsp3) is 0.320. The Balaban J connectivity index is 1.69. The van der Waals surface area contributed by atoms with Gasteiger partial charge in [-0.2, -0.15) is 0 Å². The van der Waals surface area contributed by atoms with Crippen LogP contribution < -0.4 is 0 Å². The van der Waals surface area contributed by atoms with Gasteiger partial charge in [-0.1, -0.05) is 86.3 Å². The molecule has 0 unspecified atom stereocenters. The lowest BCUT2D eigenvalue weighted by Gasteiger charge is -2.07. The van der Waals surface area contributed by atoms with E-state index in [0.717, 1.165) is 17.5 Å². The van der Waals surface area contributed by atoms with Gasteiger partial charge >= 0.3 is 5.97 Å². The Morgan fingerprint density at radius 3 is 2.13 bits per heavy atom. The van der Waals surface area contributed by atoms with Gasteiger partial charge in [-0.25, -0.2) is 14.8 Å². The van der Waals surface area contributed by atoms with Crippen LogP contribution in [0.1, 0.15) is 55.5 Å². The van der Waals surface area contributed by atoms with Crippen LogP contribution in [-0.4, -0.2) is 22.5 Å². The van der Waals surface area contributed by atoms with Gasteiger partial charge in [0.2, 0.25) is 0 Å². The third kappa shape index (κ3) is 5.67. The van der Waals surface area contributed by atoms with Gasteiger partial charge in [0.1, 0.15) is 10.7 Å². The van der Waals surface area contributed by atoms with E-state index in [1.54, 1.807) is 6.92 Å². The number of aromatic nitrogens is 2. The summed E-state index contributed by atoms with van der Waals surface area (Å²) in [4.78, 5) is 20.4. The smallest absolute Gasteiger partial charge is 0.342 e. The van der Waals surface area contributed by atoms with Crippen LogP contribution in [0.4, 0.5) is 0 Å². The van der Waals surface area contributed by atoms with Crippen molar-refractivity contribution in [1.29, 1.82) is 0 Å². The molecule has 4 nitrogen and oxygen atoms in total. The molecule has 0 aliphatic carbocycles. The molecular weight excluding hydrogens is 396 g/mol. The first-order chi connectivity index (χ1) is 14.6. The molecule has 0 atom stereocenters. The van der Waals surface area contributed by atoms with Crippen LogP contribution in [0, 0.1) is 0 Å². The molecule has 3 aromatic rings. The van der Waals surface area contributed by atoms with Crippen molar-refractivity contribution in [3.8, 4) is 22.5 Å². The fourth-order valence-corrected chi connectivity index (χ4v) is 3.48. The topological polar surface area (TPSA) is 52.1 Å². The third-order valence-corrected chi connectivity index (χ3v) is 5.28. The number of ether oxygens (including phenoxy) is 1. The highest BCUT2D eigenvalue weighted by Gasteiger charge is 2.15. The van der Waals surface area contributed by atoms with Crippen molar-refractivity contribution in [1.82, 2.24) is 9.97 Å². The van der Waals surface area contributed by atoms with Crippen molar-refractivity contribution in [2.45, 2.75) is 46.0 Å². The molecule has 0 radical (unpaired) electrons. The highest BCUT2D eigenvalue weighted by atomic mass is 35.5. The van der Waals surface area contributed by atoms with E-state index in [0.29, 0.717) is 5.82 Å². The Bertz CT molecular complexity index is 969. The summed E-state index contributed by atoms with van der Waals surface area (Å²) in [5.74, 6) is -0.0414. The van der Waals surface area contributed by atoms with E-state index in [9.17, 15) is 4.79 Å². The summed E-state index contributed by atoms with van der Waals surface area (Å²) in [7, 11) is 0. The molecule has 0 N–H and O–H groups in total. The Hall–Kier alpha value is -2.72. The first-order valence-corrected chi connectivity index (χ1v) is 10.9. The zero-order valence-electron chi connectivity index (χ0n) is 17.5. The molecule has 30 heavy (non-hydrogen) atoms. The molecule has 156 valence electrons. The molecule has 5 heteroatoms. The lowest BCUT2D eigenvalue weighted by Crippen LogP contribution is -2.07. The molecule has 0 saturated heterocycles. The zero-order chi connectivity index (χ0) is 21.3. The van der Waals surface area contributed by atoms with E-state index in [-0.39, 0.29) is 17.3 Å². The number of unbranched alkanes of at least 4 members (excludes halogenated alkanes) is 3. The number of carbonyl (C=O) groups is 1. The van der Waals surface area contributed by atoms with Crippen molar-refractivity contribution >= 4 is 17.6 Å². The Labute approximate surface area is 183 Å². The summed E-state index contributed by atoms with van der Waals surface area (Å²) in [6.45, 7) is 4.25. The zero-order valence-corrected chi connectivity index (χ0v) is 18.3. The van der Waals surface area contributed by atoms with E-state index in [4.69, 9.17) is 16.3 Å². The van der Waals surface area contributed by atoms with Gasteiger partial charge in [0.25, 0.3) is 0 Å². The van der Waals surface area contributed by atoms with E-state index < -0.39 is 5.97 Å². The van der Waals surface area contributed by atoms with E-state index in [1.807, 2.05) is 24.3 Å². The lowest BCUT2D eigenvalue weighted by atomic mass is 10.00. The molecule has 0 aliphatic heterocycles. The van der Waals surface area contributed by atoms with Crippen LogP contribution in [0.25, 0.3) is 22.5 Å². The highest BCUT2D eigenvalue weighted by Crippen LogP contribution is 2.25. The fourth-order valence-electron chi connectivity index (χ4n) is 3.28. The number of hydrogen-bond donors (Lipinski definition) is 0. The number of aryl methyl sites for hydroxylation is 1. The summed E-state index contributed by atoms with van der Waals surface area (Å²) in [6, 6.07) is 16.8. The number of nitrogens with zero attached hydrogens (tertiary/aromatic N) is 2. The molecule has 0 aliphatic rings. The largest absolute Gasteiger partial charge is 0.462 e. The van der Waals surface area contributed by atoms with Gasteiger partial charge < -0.3 is 4.74 Å². The minimum atomic E-state index is -0.516. The van der Waals surface area contributed by atoms with Crippen LogP contribution >= 0.6 is 11.6 Å². The number of hydrogen-bond acceptors (Lipinski definition) is 4. The molecule has 0 spiro atoms. The minimum absolute atomic E-state index is 0.0945. The van der Waals surface area contributed by atoms with Gasteiger partial charge in [0, 0.05) is 11.8 Å². The third-order valence-electron chi connectivity index (χ3n) is 4.99. The first kappa shape index (κ1) is 22.0. The van der Waals surface area contributed by atoms with Crippen LogP contribution in [0.5, 0.6) is 0 Å². The number of rotatable bonds is 9. The second kappa shape index (κ2) is 10.9. The normalized spacial score (nSPS) is 10.8. The Morgan fingerprint density at radius 1 is 0.900 bits per heavy atom. The molecule has 0 saturated carbocycles. The maximum Gasteiger partial charge on any atom is 0.342 e. The monoisotopic (exact) mass is 422 g/mol. The van der Waals surface area contributed by atoms with E-state index >= 15 is 0 Å².